The molecule has 0 amide bonds. The fraction of sp³-hybridized carbons (Fsp3) is 0. The number of aldehydes is 1. The Hall–Kier alpha value is -1.90. The molecule has 0 heterocycles. The summed E-state index contributed by atoms with van der Waals surface area (Å²) in [4.78, 5) is 13.5. The fourth-order valence-electron chi connectivity index (χ4n) is 0.975. The second-order valence-electron chi connectivity index (χ2n) is 2.62. The molecule has 14 heavy (non-hydrogen) atoms. The van der Waals surface area contributed by atoms with Gasteiger partial charge in [-0.2, -0.15) is 0 Å². The zero-order valence-corrected chi connectivity index (χ0v) is 7.44. The standard InChI is InChI=1S/C11H9FO2/c1-9(14-12)11-6-4-10(5-7-11)3-2-8-13/h2-8H,1H2/b3-2+. The second-order valence-corrected chi connectivity index (χ2v) is 2.62. The lowest BCUT2D eigenvalue weighted by Crippen LogP contribution is -1.82. The maximum Gasteiger partial charge on any atom is 0.171 e. The van der Waals surface area contributed by atoms with Gasteiger partial charge in [0.15, 0.2) is 5.76 Å². The van der Waals surface area contributed by atoms with Gasteiger partial charge in [0.05, 0.1) is 0 Å². The Kier molecular flexibility index (Phi) is 3.61. The van der Waals surface area contributed by atoms with Gasteiger partial charge >= 0.3 is 0 Å². The third-order valence-corrected chi connectivity index (χ3v) is 1.69. The molecule has 0 aromatic heterocycles. The third kappa shape index (κ3) is 2.55. The van der Waals surface area contributed by atoms with E-state index < -0.39 is 0 Å². The summed E-state index contributed by atoms with van der Waals surface area (Å²) in [5.74, 6) is -0.0316. The Morgan fingerprint density at radius 2 is 2.00 bits per heavy atom. The minimum Gasteiger partial charge on any atom is -0.299 e. The van der Waals surface area contributed by atoms with E-state index in [1.165, 1.54) is 6.08 Å². The molecule has 1 rings (SSSR count). The van der Waals surface area contributed by atoms with Crippen molar-refractivity contribution in [3.8, 4) is 0 Å². The third-order valence-electron chi connectivity index (χ3n) is 1.69. The van der Waals surface area contributed by atoms with E-state index in [1.807, 2.05) is 0 Å². The molecule has 3 heteroatoms. The maximum absolute atomic E-state index is 11.7. The van der Waals surface area contributed by atoms with Crippen molar-refractivity contribution in [2.75, 3.05) is 0 Å². The Bertz CT molecular complexity index is 352. The zero-order chi connectivity index (χ0) is 10.4. The average Bonchev–Trinajstić information content (AvgIpc) is 2.26. The van der Waals surface area contributed by atoms with E-state index in [2.05, 4.69) is 11.5 Å². The first-order chi connectivity index (χ1) is 6.77. The molecule has 0 aliphatic heterocycles. The van der Waals surface area contributed by atoms with Crippen LogP contribution in [0.15, 0.2) is 36.9 Å². The van der Waals surface area contributed by atoms with Crippen LogP contribution < -0.4 is 0 Å². The van der Waals surface area contributed by atoms with Crippen LogP contribution in [0.25, 0.3) is 11.8 Å². The van der Waals surface area contributed by atoms with E-state index in [9.17, 15) is 9.32 Å². The van der Waals surface area contributed by atoms with Crippen LogP contribution in [0, 0.1) is 0 Å². The molecule has 0 N–H and O–H groups in total. The summed E-state index contributed by atoms with van der Waals surface area (Å²) in [6.07, 6.45) is 3.73. The van der Waals surface area contributed by atoms with E-state index in [-0.39, 0.29) is 5.76 Å². The summed E-state index contributed by atoms with van der Waals surface area (Å²) in [6.45, 7) is 3.36. The van der Waals surface area contributed by atoms with Crippen LogP contribution in [0.2, 0.25) is 0 Å². The van der Waals surface area contributed by atoms with Gasteiger partial charge in [0.1, 0.15) is 6.29 Å². The van der Waals surface area contributed by atoms with Crippen molar-refractivity contribution in [1.82, 2.24) is 0 Å². The van der Waals surface area contributed by atoms with E-state index in [4.69, 9.17) is 0 Å². The molecular weight excluding hydrogens is 183 g/mol. The van der Waals surface area contributed by atoms with Gasteiger partial charge in [-0.25, -0.2) is 0 Å². The highest BCUT2D eigenvalue weighted by Gasteiger charge is 1.98. The highest BCUT2D eigenvalue weighted by molar-refractivity contribution is 5.74. The van der Waals surface area contributed by atoms with Gasteiger partial charge < -0.3 is 0 Å². The van der Waals surface area contributed by atoms with Crippen molar-refractivity contribution < 1.29 is 14.3 Å². The lowest BCUT2D eigenvalue weighted by atomic mass is 10.1. The molecule has 0 atom stereocenters. The molecule has 2 nitrogen and oxygen atoms in total. The van der Waals surface area contributed by atoms with Crippen molar-refractivity contribution >= 4 is 18.1 Å². The number of halogens is 1. The summed E-state index contributed by atoms with van der Waals surface area (Å²) in [5, 5.41) is 0. The van der Waals surface area contributed by atoms with Gasteiger partial charge in [0, 0.05) is 10.1 Å². The zero-order valence-electron chi connectivity index (χ0n) is 7.44. The molecular formula is C11H9FO2. The van der Waals surface area contributed by atoms with E-state index in [0.717, 1.165) is 5.56 Å². The first-order valence-corrected chi connectivity index (χ1v) is 3.97. The number of benzene rings is 1. The number of rotatable bonds is 4. The maximum atomic E-state index is 11.7. The molecule has 0 radical (unpaired) electrons. The van der Waals surface area contributed by atoms with Gasteiger partial charge in [-0.05, 0) is 11.6 Å². The van der Waals surface area contributed by atoms with Gasteiger partial charge in [-0.15, -0.1) is 0 Å². The van der Waals surface area contributed by atoms with Crippen molar-refractivity contribution in [3.05, 3.63) is 48.0 Å². The largest absolute Gasteiger partial charge is 0.299 e. The van der Waals surface area contributed by atoms with Crippen LogP contribution >= 0.6 is 0 Å². The van der Waals surface area contributed by atoms with E-state index in [1.54, 1.807) is 30.3 Å². The van der Waals surface area contributed by atoms with Crippen LogP contribution in [-0.2, 0) is 9.74 Å². The van der Waals surface area contributed by atoms with E-state index in [0.29, 0.717) is 11.8 Å². The molecule has 0 saturated heterocycles. The van der Waals surface area contributed by atoms with Gasteiger partial charge in [0.2, 0.25) is 0 Å². The predicted octanol–water partition coefficient (Wildman–Crippen LogP) is 2.77. The van der Waals surface area contributed by atoms with Crippen molar-refractivity contribution in [1.29, 1.82) is 0 Å². The molecule has 0 aliphatic rings. The summed E-state index contributed by atoms with van der Waals surface area (Å²) in [6, 6.07) is 6.79. The molecule has 0 fully saturated rings. The normalized spacial score (nSPS) is 10.1. The predicted molar refractivity (Wildman–Crippen MR) is 52.8 cm³/mol. The lowest BCUT2D eigenvalue weighted by Gasteiger charge is -1.99. The summed E-state index contributed by atoms with van der Waals surface area (Å²) in [5.41, 5.74) is 1.42. The minimum atomic E-state index is -0.0316. The smallest absolute Gasteiger partial charge is 0.171 e. The molecule has 0 saturated carbocycles. The Morgan fingerprint density at radius 3 is 2.50 bits per heavy atom. The summed E-state index contributed by atoms with van der Waals surface area (Å²) < 4.78 is 11.7. The quantitative estimate of drug-likeness (QED) is 0.416. The highest BCUT2D eigenvalue weighted by Crippen LogP contribution is 2.15. The number of carbonyl (C=O) groups excluding carboxylic acids is 1. The number of hydrogen-bond acceptors (Lipinski definition) is 2. The molecule has 0 spiro atoms. The monoisotopic (exact) mass is 192 g/mol. The van der Waals surface area contributed by atoms with Crippen molar-refractivity contribution in [3.63, 3.8) is 0 Å². The molecule has 0 aliphatic carbocycles. The fourth-order valence-corrected chi connectivity index (χ4v) is 0.975. The van der Waals surface area contributed by atoms with Crippen LogP contribution in [-0.4, -0.2) is 6.29 Å². The molecule has 1 aromatic rings. The van der Waals surface area contributed by atoms with Gasteiger partial charge in [-0.3, -0.25) is 9.74 Å². The number of hydrogen-bond donors (Lipinski definition) is 0. The van der Waals surface area contributed by atoms with Crippen molar-refractivity contribution in [2.24, 2.45) is 0 Å². The first kappa shape index (κ1) is 10.2. The Morgan fingerprint density at radius 1 is 1.36 bits per heavy atom. The average molecular weight is 192 g/mol. The highest BCUT2D eigenvalue weighted by atomic mass is 19.3. The summed E-state index contributed by atoms with van der Waals surface area (Å²) >= 11 is 0. The van der Waals surface area contributed by atoms with E-state index >= 15 is 0 Å². The Balaban J connectivity index is 2.83. The molecule has 0 bridgehead atoms. The Labute approximate surface area is 81.2 Å². The van der Waals surface area contributed by atoms with Crippen molar-refractivity contribution in [2.45, 2.75) is 0 Å². The molecule has 1 aromatic carbocycles. The lowest BCUT2D eigenvalue weighted by molar-refractivity contribution is -0.104. The van der Waals surface area contributed by atoms with Gasteiger partial charge in [-0.1, -0.05) is 36.9 Å². The SMILES string of the molecule is C=C(OF)c1ccc(/C=C/C=O)cc1. The number of carbonyl (C=O) groups is 1. The molecule has 0 unspecified atom stereocenters. The number of allylic oxidation sites excluding steroid dienone is 1. The first-order valence-electron chi connectivity index (χ1n) is 3.97. The van der Waals surface area contributed by atoms with Gasteiger partial charge in [0.25, 0.3) is 0 Å². The van der Waals surface area contributed by atoms with Crippen LogP contribution in [0.5, 0.6) is 0 Å². The van der Waals surface area contributed by atoms with Crippen LogP contribution in [0.3, 0.4) is 0 Å². The summed E-state index contributed by atoms with van der Waals surface area (Å²) in [7, 11) is 0. The second kappa shape index (κ2) is 4.97. The minimum absolute atomic E-state index is 0.0316. The van der Waals surface area contributed by atoms with Crippen LogP contribution in [0.1, 0.15) is 11.1 Å². The topological polar surface area (TPSA) is 26.3 Å². The van der Waals surface area contributed by atoms with Crippen LogP contribution in [0.4, 0.5) is 4.53 Å². The molecule has 72 valence electrons.